The Labute approximate surface area is 119 Å². The maximum Gasteiger partial charge on any atom is 0.287 e. The Bertz CT molecular complexity index is 599. The first-order valence-corrected chi connectivity index (χ1v) is 6.78. The van der Waals surface area contributed by atoms with Crippen LogP contribution in [0.2, 0.25) is 0 Å². The lowest BCUT2D eigenvalue weighted by Crippen LogP contribution is -2.04. The highest BCUT2D eigenvalue weighted by Crippen LogP contribution is 2.26. The summed E-state index contributed by atoms with van der Waals surface area (Å²) >= 11 is 1.26. The first-order valence-electron chi connectivity index (χ1n) is 5.97. The maximum atomic E-state index is 10.6. The summed E-state index contributed by atoms with van der Waals surface area (Å²) in [6, 6.07) is 2.95. The minimum absolute atomic E-state index is 0.0552. The molecule has 0 aliphatic rings. The van der Waals surface area contributed by atoms with Crippen molar-refractivity contribution in [3.05, 3.63) is 34.3 Å². The molecule has 0 aliphatic heterocycles. The molecule has 0 fully saturated rings. The van der Waals surface area contributed by atoms with Gasteiger partial charge in [-0.15, -0.1) is 10.2 Å². The largest absolute Gasteiger partial charge is 0.388 e. The van der Waals surface area contributed by atoms with E-state index in [0.29, 0.717) is 22.6 Å². The topological polar surface area (TPSA) is 107 Å². The van der Waals surface area contributed by atoms with Gasteiger partial charge in [0.05, 0.1) is 4.92 Å². The van der Waals surface area contributed by atoms with E-state index < -0.39 is 4.92 Å². The summed E-state index contributed by atoms with van der Waals surface area (Å²) in [5.41, 5.74) is -0.0552. The van der Waals surface area contributed by atoms with E-state index in [2.05, 4.69) is 15.2 Å². The zero-order chi connectivity index (χ0) is 14.5. The van der Waals surface area contributed by atoms with E-state index in [9.17, 15) is 15.2 Å². The molecule has 0 bridgehead atoms. The van der Waals surface area contributed by atoms with Gasteiger partial charge in [-0.1, -0.05) is 6.92 Å². The molecule has 0 saturated heterocycles. The molecule has 9 heteroatoms. The lowest BCUT2D eigenvalue weighted by atomic mass is 10.4. The highest BCUT2D eigenvalue weighted by Gasteiger charge is 2.13. The van der Waals surface area contributed by atoms with Crippen LogP contribution < -0.4 is 0 Å². The number of rotatable bonds is 6. The lowest BCUT2D eigenvalue weighted by molar-refractivity contribution is -0.385. The summed E-state index contributed by atoms with van der Waals surface area (Å²) in [7, 11) is 0. The van der Waals surface area contributed by atoms with Gasteiger partial charge in [0.1, 0.15) is 17.8 Å². The number of nitro groups is 1. The standard InChI is InChI=1S/C11H13N5O3S/c1-2-5-15-9(7-17)13-14-11(15)20-10-4-3-8(6-12-10)16(18)19/h3-4,6,17H,2,5,7H2,1H3. The van der Waals surface area contributed by atoms with Crippen LogP contribution in [0.3, 0.4) is 0 Å². The molecule has 20 heavy (non-hydrogen) atoms. The van der Waals surface area contributed by atoms with Crippen molar-refractivity contribution in [1.82, 2.24) is 19.7 Å². The second-order valence-electron chi connectivity index (χ2n) is 3.92. The van der Waals surface area contributed by atoms with Crippen molar-refractivity contribution in [2.45, 2.75) is 36.7 Å². The highest BCUT2D eigenvalue weighted by atomic mass is 32.2. The summed E-state index contributed by atoms with van der Waals surface area (Å²) in [6.45, 7) is 2.53. The molecule has 0 aromatic carbocycles. The van der Waals surface area contributed by atoms with Gasteiger partial charge in [0.15, 0.2) is 11.0 Å². The first kappa shape index (κ1) is 14.4. The third-order valence-electron chi connectivity index (χ3n) is 2.51. The number of nitrogens with zero attached hydrogens (tertiary/aromatic N) is 5. The van der Waals surface area contributed by atoms with Gasteiger partial charge >= 0.3 is 0 Å². The van der Waals surface area contributed by atoms with Crippen LogP contribution in [0.1, 0.15) is 19.2 Å². The smallest absolute Gasteiger partial charge is 0.287 e. The summed E-state index contributed by atoms with van der Waals surface area (Å²) in [5, 5.41) is 28.9. The van der Waals surface area contributed by atoms with E-state index in [1.54, 1.807) is 6.07 Å². The molecule has 1 N–H and O–H groups in total. The molecular weight excluding hydrogens is 282 g/mol. The van der Waals surface area contributed by atoms with Crippen LogP contribution in [0.5, 0.6) is 0 Å². The van der Waals surface area contributed by atoms with E-state index in [0.717, 1.165) is 6.42 Å². The molecule has 2 aromatic heterocycles. The number of aromatic nitrogens is 4. The Hall–Kier alpha value is -2.00. The van der Waals surface area contributed by atoms with Gasteiger partial charge in [0.25, 0.3) is 5.69 Å². The van der Waals surface area contributed by atoms with Gasteiger partial charge < -0.3 is 9.67 Å². The van der Waals surface area contributed by atoms with Crippen molar-refractivity contribution in [3.63, 3.8) is 0 Å². The number of hydrogen-bond donors (Lipinski definition) is 1. The van der Waals surface area contributed by atoms with Crippen molar-refractivity contribution in [2.24, 2.45) is 0 Å². The van der Waals surface area contributed by atoms with Crippen molar-refractivity contribution < 1.29 is 10.0 Å². The molecule has 2 aromatic rings. The van der Waals surface area contributed by atoms with Crippen molar-refractivity contribution >= 4 is 17.4 Å². The van der Waals surface area contributed by atoms with Gasteiger partial charge in [-0.05, 0) is 24.2 Å². The molecule has 0 unspecified atom stereocenters. The monoisotopic (exact) mass is 295 g/mol. The number of aliphatic hydroxyl groups excluding tert-OH is 1. The fourth-order valence-electron chi connectivity index (χ4n) is 1.59. The zero-order valence-electron chi connectivity index (χ0n) is 10.8. The average Bonchev–Trinajstić information content (AvgIpc) is 2.82. The number of aliphatic hydroxyl groups is 1. The normalized spacial score (nSPS) is 10.7. The maximum absolute atomic E-state index is 10.6. The predicted molar refractivity (Wildman–Crippen MR) is 71.3 cm³/mol. The quantitative estimate of drug-likeness (QED) is 0.637. The third-order valence-corrected chi connectivity index (χ3v) is 3.44. The molecule has 0 amide bonds. The third kappa shape index (κ3) is 3.11. The average molecular weight is 295 g/mol. The van der Waals surface area contributed by atoms with Crippen molar-refractivity contribution in [2.75, 3.05) is 0 Å². The van der Waals surface area contributed by atoms with Crippen LogP contribution in [-0.4, -0.2) is 29.8 Å². The second-order valence-corrected chi connectivity index (χ2v) is 4.91. The fourth-order valence-corrected chi connectivity index (χ4v) is 2.41. The zero-order valence-corrected chi connectivity index (χ0v) is 11.6. The van der Waals surface area contributed by atoms with Gasteiger partial charge in [-0.3, -0.25) is 10.1 Å². The molecular formula is C11H13N5O3S. The SMILES string of the molecule is CCCn1c(CO)nnc1Sc1ccc([N+](=O)[O-])cn1. The lowest BCUT2D eigenvalue weighted by Gasteiger charge is -2.06. The summed E-state index contributed by atoms with van der Waals surface area (Å²) in [6.07, 6.45) is 2.09. The van der Waals surface area contributed by atoms with Crippen molar-refractivity contribution in [1.29, 1.82) is 0 Å². The number of pyridine rings is 1. The molecule has 0 saturated carbocycles. The molecule has 0 atom stereocenters. The van der Waals surface area contributed by atoms with E-state index in [1.807, 2.05) is 11.5 Å². The summed E-state index contributed by atoms with van der Waals surface area (Å²) < 4.78 is 1.81. The van der Waals surface area contributed by atoms with Crippen LogP contribution in [0.4, 0.5) is 5.69 Å². The molecule has 106 valence electrons. The van der Waals surface area contributed by atoms with E-state index in [1.165, 1.54) is 24.0 Å². The summed E-state index contributed by atoms with van der Waals surface area (Å²) in [5.74, 6) is 0.497. The van der Waals surface area contributed by atoms with E-state index >= 15 is 0 Å². The Morgan fingerprint density at radius 3 is 2.80 bits per heavy atom. The minimum Gasteiger partial charge on any atom is -0.388 e. The van der Waals surface area contributed by atoms with E-state index in [-0.39, 0.29) is 12.3 Å². The molecule has 0 aliphatic carbocycles. The molecule has 2 rings (SSSR count). The fraction of sp³-hybridized carbons (Fsp3) is 0.364. The molecule has 0 spiro atoms. The molecule has 2 heterocycles. The van der Waals surface area contributed by atoms with Crippen LogP contribution in [0.25, 0.3) is 0 Å². The van der Waals surface area contributed by atoms with E-state index in [4.69, 9.17) is 0 Å². The Morgan fingerprint density at radius 2 is 2.25 bits per heavy atom. The van der Waals surface area contributed by atoms with Gasteiger partial charge in [0.2, 0.25) is 0 Å². The first-order chi connectivity index (χ1) is 9.65. The molecule has 0 radical (unpaired) electrons. The Morgan fingerprint density at radius 1 is 1.45 bits per heavy atom. The van der Waals surface area contributed by atoms with Gasteiger partial charge in [0, 0.05) is 12.6 Å². The van der Waals surface area contributed by atoms with Crippen LogP contribution in [0, 0.1) is 10.1 Å². The summed E-state index contributed by atoms with van der Waals surface area (Å²) in [4.78, 5) is 14.1. The highest BCUT2D eigenvalue weighted by molar-refractivity contribution is 7.99. The second kappa shape index (κ2) is 6.44. The Balaban J connectivity index is 2.21. The van der Waals surface area contributed by atoms with Crippen LogP contribution in [0.15, 0.2) is 28.5 Å². The molecule has 8 nitrogen and oxygen atoms in total. The van der Waals surface area contributed by atoms with Gasteiger partial charge in [-0.25, -0.2) is 4.98 Å². The van der Waals surface area contributed by atoms with Crippen LogP contribution >= 0.6 is 11.8 Å². The Kier molecular flexibility index (Phi) is 4.64. The van der Waals surface area contributed by atoms with Crippen LogP contribution in [-0.2, 0) is 13.2 Å². The van der Waals surface area contributed by atoms with Gasteiger partial charge in [-0.2, -0.15) is 0 Å². The number of hydrogen-bond acceptors (Lipinski definition) is 7. The minimum atomic E-state index is -0.495. The van der Waals surface area contributed by atoms with Crippen molar-refractivity contribution in [3.8, 4) is 0 Å². The predicted octanol–water partition coefficient (Wildman–Crippen LogP) is 1.63.